The Bertz CT molecular complexity index is 385. The summed E-state index contributed by atoms with van der Waals surface area (Å²) in [5.41, 5.74) is 4.82. The number of likely N-dealkylation sites (tertiary alicyclic amines) is 1. The minimum Gasteiger partial charge on any atom is -0.479 e. The SMILES string of the molecule is CCC1(C(=O)O)CCCN1C(=O)C1CCCCC1CN. The van der Waals surface area contributed by atoms with Crippen molar-refractivity contribution < 1.29 is 14.7 Å². The Morgan fingerprint density at radius 2 is 2.00 bits per heavy atom. The van der Waals surface area contributed by atoms with Gasteiger partial charge in [0.15, 0.2) is 0 Å². The van der Waals surface area contributed by atoms with Crippen molar-refractivity contribution in [1.82, 2.24) is 4.90 Å². The molecule has 1 aliphatic carbocycles. The normalized spacial score (nSPS) is 34.2. The molecule has 1 amide bonds. The molecule has 2 rings (SSSR count). The summed E-state index contributed by atoms with van der Waals surface area (Å²) in [5.74, 6) is -0.676. The number of hydrogen-bond donors (Lipinski definition) is 2. The number of hydrogen-bond acceptors (Lipinski definition) is 3. The quantitative estimate of drug-likeness (QED) is 0.820. The van der Waals surface area contributed by atoms with Crippen molar-refractivity contribution in [2.75, 3.05) is 13.1 Å². The van der Waals surface area contributed by atoms with E-state index < -0.39 is 11.5 Å². The summed E-state index contributed by atoms with van der Waals surface area (Å²) in [4.78, 5) is 26.2. The first-order chi connectivity index (χ1) is 9.56. The Morgan fingerprint density at radius 1 is 1.30 bits per heavy atom. The Balaban J connectivity index is 2.20. The van der Waals surface area contributed by atoms with E-state index in [1.54, 1.807) is 4.90 Å². The highest BCUT2D eigenvalue weighted by atomic mass is 16.4. The summed E-state index contributed by atoms with van der Waals surface area (Å²) in [6, 6.07) is 0. The molecule has 1 saturated carbocycles. The van der Waals surface area contributed by atoms with Crippen molar-refractivity contribution in [3.8, 4) is 0 Å². The van der Waals surface area contributed by atoms with Crippen LogP contribution in [0.15, 0.2) is 0 Å². The van der Waals surface area contributed by atoms with E-state index in [0.717, 1.165) is 32.1 Å². The maximum absolute atomic E-state index is 12.9. The highest BCUT2D eigenvalue weighted by Crippen LogP contribution is 2.38. The van der Waals surface area contributed by atoms with Gasteiger partial charge in [0.25, 0.3) is 0 Å². The standard InChI is InChI=1S/C15H26N2O3/c1-2-15(14(19)20)8-5-9-17(15)13(18)12-7-4-3-6-11(12)10-16/h11-12H,2-10,16H2,1H3,(H,19,20). The highest BCUT2D eigenvalue weighted by molar-refractivity contribution is 5.89. The van der Waals surface area contributed by atoms with Crippen LogP contribution in [0.2, 0.25) is 0 Å². The van der Waals surface area contributed by atoms with Crippen molar-refractivity contribution in [3.05, 3.63) is 0 Å². The maximum Gasteiger partial charge on any atom is 0.329 e. The van der Waals surface area contributed by atoms with Crippen LogP contribution in [0.3, 0.4) is 0 Å². The van der Waals surface area contributed by atoms with E-state index in [1.165, 1.54) is 0 Å². The number of aliphatic carboxylic acids is 1. The molecular weight excluding hydrogens is 256 g/mol. The van der Waals surface area contributed by atoms with E-state index in [1.807, 2.05) is 6.92 Å². The number of carbonyl (C=O) groups is 2. The number of nitrogens with two attached hydrogens (primary N) is 1. The lowest BCUT2D eigenvalue weighted by Crippen LogP contribution is -2.55. The molecule has 0 aromatic rings. The number of carboxylic acids is 1. The minimum atomic E-state index is -0.978. The number of carboxylic acid groups (broad SMARTS) is 1. The second-order valence-electron chi connectivity index (χ2n) is 6.17. The fourth-order valence-electron chi connectivity index (χ4n) is 3.96. The van der Waals surface area contributed by atoms with Crippen LogP contribution in [0.5, 0.6) is 0 Å². The number of rotatable bonds is 4. The van der Waals surface area contributed by atoms with Crippen LogP contribution in [-0.4, -0.2) is 40.5 Å². The Labute approximate surface area is 120 Å². The van der Waals surface area contributed by atoms with E-state index in [-0.39, 0.29) is 17.7 Å². The molecule has 1 aliphatic heterocycles. The summed E-state index contributed by atoms with van der Waals surface area (Å²) in [5, 5.41) is 9.59. The van der Waals surface area contributed by atoms with Crippen LogP contribution in [-0.2, 0) is 9.59 Å². The van der Waals surface area contributed by atoms with Crippen molar-refractivity contribution >= 4 is 11.9 Å². The molecule has 2 fully saturated rings. The maximum atomic E-state index is 12.9. The van der Waals surface area contributed by atoms with E-state index in [2.05, 4.69) is 0 Å². The van der Waals surface area contributed by atoms with Crippen LogP contribution in [0.4, 0.5) is 0 Å². The molecule has 0 radical (unpaired) electrons. The van der Waals surface area contributed by atoms with Gasteiger partial charge in [-0.15, -0.1) is 0 Å². The minimum absolute atomic E-state index is 0.0295. The van der Waals surface area contributed by atoms with Gasteiger partial charge in [-0.25, -0.2) is 4.79 Å². The van der Waals surface area contributed by atoms with Crippen LogP contribution < -0.4 is 5.73 Å². The van der Waals surface area contributed by atoms with Gasteiger partial charge >= 0.3 is 5.97 Å². The van der Waals surface area contributed by atoms with Crippen LogP contribution in [0, 0.1) is 11.8 Å². The third-order valence-electron chi connectivity index (χ3n) is 5.27. The fraction of sp³-hybridized carbons (Fsp3) is 0.867. The average Bonchev–Trinajstić information content (AvgIpc) is 2.91. The zero-order valence-electron chi connectivity index (χ0n) is 12.3. The molecule has 20 heavy (non-hydrogen) atoms. The molecule has 3 unspecified atom stereocenters. The average molecular weight is 282 g/mol. The first-order valence-electron chi connectivity index (χ1n) is 7.81. The molecule has 0 spiro atoms. The predicted octanol–water partition coefficient (Wildman–Crippen LogP) is 1.61. The van der Waals surface area contributed by atoms with Crippen molar-refractivity contribution in [2.45, 2.75) is 57.4 Å². The van der Waals surface area contributed by atoms with Crippen molar-refractivity contribution in [2.24, 2.45) is 17.6 Å². The van der Waals surface area contributed by atoms with Crippen LogP contribution >= 0.6 is 0 Å². The van der Waals surface area contributed by atoms with E-state index in [0.29, 0.717) is 25.9 Å². The fourth-order valence-corrected chi connectivity index (χ4v) is 3.96. The molecule has 1 saturated heterocycles. The van der Waals surface area contributed by atoms with Crippen molar-refractivity contribution in [1.29, 1.82) is 0 Å². The van der Waals surface area contributed by atoms with E-state index in [4.69, 9.17) is 5.73 Å². The molecule has 0 aromatic heterocycles. The zero-order valence-corrected chi connectivity index (χ0v) is 12.3. The first-order valence-corrected chi connectivity index (χ1v) is 7.81. The van der Waals surface area contributed by atoms with Gasteiger partial charge in [-0.3, -0.25) is 4.79 Å². The lowest BCUT2D eigenvalue weighted by atomic mass is 9.77. The topological polar surface area (TPSA) is 83.6 Å². The molecule has 1 heterocycles. The van der Waals surface area contributed by atoms with Gasteiger partial charge in [0, 0.05) is 12.5 Å². The van der Waals surface area contributed by atoms with Gasteiger partial charge in [0.1, 0.15) is 5.54 Å². The molecule has 5 nitrogen and oxygen atoms in total. The van der Waals surface area contributed by atoms with E-state index in [9.17, 15) is 14.7 Å². The number of nitrogens with zero attached hydrogens (tertiary/aromatic N) is 1. The molecule has 0 aromatic carbocycles. The second kappa shape index (κ2) is 6.12. The third kappa shape index (κ3) is 2.43. The summed E-state index contributed by atoms with van der Waals surface area (Å²) < 4.78 is 0. The first kappa shape index (κ1) is 15.3. The lowest BCUT2D eigenvalue weighted by molar-refractivity contribution is -0.159. The largest absolute Gasteiger partial charge is 0.479 e. The van der Waals surface area contributed by atoms with Crippen LogP contribution in [0.25, 0.3) is 0 Å². The molecule has 2 aliphatic rings. The molecule has 3 atom stereocenters. The zero-order chi connectivity index (χ0) is 14.8. The summed E-state index contributed by atoms with van der Waals surface area (Å²) in [6.07, 6.45) is 5.87. The molecule has 0 bridgehead atoms. The molecule has 114 valence electrons. The monoisotopic (exact) mass is 282 g/mol. The number of carbonyl (C=O) groups excluding carboxylic acids is 1. The van der Waals surface area contributed by atoms with Gasteiger partial charge in [0.2, 0.25) is 5.91 Å². The summed E-state index contributed by atoms with van der Waals surface area (Å²) in [7, 11) is 0. The predicted molar refractivity (Wildman–Crippen MR) is 76.1 cm³/mol. The van der Waals surface area contributed by atoms with E-state index >= 15 is 0 Å². The van der Waals surface area contributed by atoms with Gasteiger partial charge in [-0.2, -0.15) is 0 Å². The third-order valence-corrected chi connectivity index (χ3v) is 5.27. The summed E-state index contributed by atoms with van der Waals surface area (Å²) >= 11 is 0. The smallest absolute Gasteiger partial charge is 0.329 e. The highest BCUT2D eigenvalue weighted by Gasteiger charge is 2.50. The molecule has 5 heteroatoms. The van der Waals surface area contributed by atoms with Gasteiger partial charge in [0.05, 0.1) is 0 Å². The van der Waals surface area contributed by atoms with Gasteiger partial charge in [-0.1, -0.05) is 19.8 Å². The van der Waals surface area contributed by atoms with Gasteiger partial charge < -0.3 is 15.7 Å². The van der Waals surface area contributed by atoms with Crippen LogP contribution in [0.1, 0.15) is 51.9 Å². The Morgan fingerprint density at radius 3 is 2.60 bits per heavy atom. The Kier molecular flexibility index (Phi) is 4.68. The lowest BCUT2D eigenvalue weighted by Gasteiger charge is -2.39. The molecular formula is C15H26N2O3. The Hall–Kier alpha value is -1.10. The summed E-state index contributed by atoms with van der Waals surface area (Å²) in [6.45, 7) is 2.96. The number of amides is 1. The molecule has 3 N–H and O–H groups in total. The second-order valence-corrected chi connectivity index (χ2v) is 6.17. The van der Waals surface area contributed by atoms with Gasteiger partial charge in [-0.05, 0) is 44.6 Å². The van der Waals surface area contributed by atoms with Crippen molar-refractivity contribution in [3.63, 3.8) is 0 Å².